The average molecular weight is 191 g/mol. The minimum absolute atomic E-state index is 0.669. The van der Waals surface area contributed by atoms with Crippen LogP contribution in [0.15, 0.2) is 6.07 Å². The summed E-state index contributed by atoms with van der Waals surface area (Å²) >= 11 is 1.94. The van der Waals surface area contributed by atoms with Crippen molar-refractivity contribution < 1.29 is 0 Å². The molecule has 0 aliphatic heterocycles. The molecule has 1 aromatic heterocycles. The first-order valence-corrected chi connectivity index (χ1v) is 5.46. The molecule has 1 aliphatic carbocycles. The predicted octanol–water partition coefficient (Wildman–Crippen LogP) is 1.96. The van der Waals surface area contributed by atoms with Crippen LogP contribution in [0.2, 0.25) is 0 Å². The van der Waals surface area contributed by atoms with E-state index in [0.29, 0.717) is 6.54 Å². The second kappa shape index (κ2) is 3.95. The minimum atomic E-state index is 0.669. The fourth-order valence-electron chi connectivity index (χ4n) is 1.74. The molecule has 1 N–H and O–H groups in total. The van der Waals surface area contributed by atoms with Crippen LogP contribution in [-0.2, 0) is 19.4 Å². The average Bonchev–Trinajstić information content (AvgIpc) is 2.64. The molecule has 0 fully saturated rings. The Balaban J connectivity index is 1.95. The molecule has 2 heteroatoms. The number of terminal acetylenes is 1. The van der Waals surface area contributed by atoms with Crippen LogP contribution in [0.5, 0.6) is 0 Å². The Hall–Kier alpha value is -0.780. The van der Waals surface area contributed by atoms with Gasteiger partial charge in [-0.2, -0.15) is 0 Å². The molecule has 68 valence electrons. The van der Waals surface area contributed by atoms with Gasteiger partial charge < -0.3 is 5.32 Å². The highest BCUT2D eigenvalue weighted by molar-refractivity contribution is 7.12. The number of nitrogens with one attached hydrogen (secondary N) is 1. The van der Waals surface area contributed by atoms with Gasteiger partial charge in [0.2, 0.25) is 0 Å². The quantitative estimate of drug-likeness (QED) is 0.569. The summed E-state index contributed by atoms with van der Waals surface area (Å²) in [4.78, 5) is 3.03. The predicted molar refractivity (Wildman–Crippen MR) is 56.9 cm³/mol. The van der Waals surface area contributed by atoms with E-state index >= 15 is 0 Å². The molecule has 1 heterocycles. The summed E-state index contributed by atoms with van der Waals surface area (Å²) in [5.74, 6) is 2.58. The van der Waals surface area contributed by atoms with Crippen LogP contribution in [0, 0.1) is 12.3 Å². The van der Waals surface area contributed by atoms with Gasteiger partial charge in [-0.05, 0) is 30.9 Å². The van der Waals surface area contributed by atoms with Gasteiger partial charge >= 0.3 is 0 Å². The van der Waals surface area contributed by atoms with Gasteiger partial charge in [-0.1, -0.05) is 5.92 Å². The van der Waals surface area contributed by atoms with Gasteiger partial charge in [-0.25, -0.2) is 0 Å². The molecular weight excluding hydrogens is 178 g/mol. The summed E-state index contributed by atoms with van der Waals surface area (Å²) < 4.78 is 0. The van der Waals surface area contributed by atoms with Crippen molar-refractivity contribution in [3.8, 4) is 12.3 Å². The van der Waals surface area contributed by atoms with E-state index in [1.54, 1.807) is 10.4 Å². The zero-order chi connectivity index (χ0) is 9.10. The van der Waals surface area contributed by atoms with Crippen LogP contribution in [0.1, 0.15) is 21.7 Å². The van der Waals surface area contributed by atoms with Crippen LogP contribution in [0.4, 0.5) is 0 Å². The van der Waals surface area contributed by atoms with Crippen LogP contribution in [0.25, 0.3) is 0 Å². The van der Waals surface area contributed by atoms with E-state index in [9.17, 15) is 0 Å². The molecule has 0 atom stereocenters. The Morgan fingerprint density at radius 2 is 2.46 bits per heavy atom. The van der Waals surface area contributed by atoms with Crippen molar-refractivity contribution in [3.05, 3.63) is 21.4 Å². The Morgan fingerprint density at radius 3 is 3.23 bits per heavy atom. The Morgan fingerprint density at radius 1 is 1.54 bits per heavy atom. The number of thiophene rings is 1. The largest absolute Gasteiger partial charge is 0.301 e. The number of rotatable bonds is 3. The van der Waals surface area contributed by atoms with Crippen molar-refractivity contribution in [1.82, 2.24) is 5.32 Å². The summed E-state index contributed by atoms with van der Waals surface area (Å²) in [6.07, 6.45) is 9.07. The molecule has 1 nitrogen and oxygen atoms in total. The number of aryl methyl sites for hydroxylation is 2. The molecule has 0 saturated carbocycles. The molecule has 0 spiro atoms. The molecule has 0 aromatic carbocycles. The van der Waals surface area contributed by atoms with E-state index in [-0.39, 0.29) is 0 Å². The van der Waals surface area contributed by atoms with Gasteiger partial charge in [0.25, 0.3) is 0 Å². The van der Waals surface area contributed by atoms with E-state index in [2.05, 4.69) is 17.3 Å². The zero-order valence-corrected chi connectivity index (χ0v) is 8.41. The summed E-state index contributed by atoms with van der Waals surface area (Å²) in [5, 5.41) is 3.21. The van der Waals surface area contributed by atoms with Crippen LogP contribution in [-0.4, -0.2) is 6.54 Å². The molecule has 0 unspecified atom stereocenters. The number of hydrogen-bond donors (Lipinski definition) is 1. The highest BCUT2D eigenvalue weighted by atomic mass is 32.1. The zero-order valence-electron chi connectivity index (χ0n) is 7.60. The van der Waals surface area contributed by atoms with E-state index < -0.39 is 0 Å². The highest BCUT2D eigenvalue weighted by Crippen LogP contribution is 2.30. The van der Waals surface area contributed by atoms with Crippen molar-refractivity contribution in [3.63, 3.8) is 0 Å². The maximum Gasteiger partial charge on any atom is 0.0576 e. The van der Waals surface area contributed by atoms with Gasteiger partial charge in [-0.3, -0.25) is 0 Å². The normalized spacial score (nSPS) is 14.1. The van der Waals surface area contributed by atoms with E-state index in [1.807, 2.05) is 11.3 Å². The van der Waals surface area contributed by atoms with Gasteiger partial charge in [0, 0.05) is 16.3 Å². The second-order valence-electron chi connectivity index (χ2n) is 3.32. The van der Waals surface area contributed by atoms with Gasteiger partial charge in [0.15, 0.2) is 0 Å². The fraction of sp³-hybridized carbons (Fsp3) is 0.455. The first-order chi connectivity index (χ1) is 6.40. The van der Waals surface area contributed by atoms with Crippen LogP contribution < -0.4 is 5.32 Å². The lowest BCUT2D eigenvalue weighted by atomic mass is 10.2. The smallest absolute Gasteiger partial charge is 0.0576 e. The Kier molecular flexibility index (Phi) is 2.68. The summed E-state index contributed by atoms with van der Waals surface area (Å²) in [6, 6.07) is 2.33. The molecule has 0 radical (unpaired) electrons. The van der Waals surface area contributed by atoms with E-state index in [4.69, 9.17) is 6.42 Å². The maximum absolute atomic E-state index is 5.16. The molecular formula is C11H13NS. The van der Waals surface area contributed by atoms with Crippen molar-refractivity contribution in [2.75, 3.05) is 6.54 Å². The van der Waals surface area contributed by atoms with Crippen molar-refractivity contribution in [2.24, 2.45) is 0 Å². The summed E-state index contributed by atoms with van der Waals surface area (Å²) in [7, 11) is 0. The first kappa shape index (κ1) is 8.80. The van der Waals surface area contributed by atoms with E-state index in [1.165, 1.54) is 24.1 Å². The van der Waals surface area contributed by atoms with Crippen molar-refractivity contribution >= 4 is 11.3 Å². The lowest BCUT2D eigenvalue weighted by Crippen LogP contribution is -2.11. The third kappa shape index (κ3) is 1.93. The van der Waals surface area contributed by atoms with Crippen LogP contribution in [0.3, 0.4) is 0 Å². The molecule has 2 rings (SSSR count). The monoisotopic (exact) mass is 191 g/mol. The molecule has 0 amide bonds. The standard InChI is InChI=1S/C11H13NS/c1-2-6-12-8-10-7-9-4-3-5-11(9)13-10/h1,7,12H,3-6,8H2. The lowest BCUT2D eigenvalue weighted by Gasteiger charge is -1.96. The van der Waals surface area contributed by atoms with E-state index in [0.717, 1.165) is 6.54 Å². The SMILES string of the molecule is C#CCNCc1cc2c(s1)CCC2. The topological polar surface area (TPSA) is 12.0 Å². The second-order valence-corrected chi connectivity index (χ2v) is 4.54. The molecule has 13 heavy (non-hydrogen) atoms. The highest BCUT2D eigenvalue weighted by Gasteiger charge is 2.13. The third-order valence-electron chi connectivity index (χ3n) is 2.32. The summed E-state index contributed by atoms with van der Waals surface area (Å²) in [6.45, 7) is 1.60. The molecule has 1 aliphatic rings. The number of hydrogen-bond acceptors (Lipinski definition) is 2. The summed E-state index contributed by atoms with van der Waals surface area (Å²) in [5.41, 5.74) is 1.57. The lowest BCUT2D eigenvalue weighted by molar-refractivity contribution is 0.780. The van der Waals surface area contributed by atoms with Gasteiger partial charge in [-0.15, -0.1) is 17.8 Å². The number of fused-ring (bicyclic) bond motifs is 1. The Labute approximate surface area is 83.2 Å². The first-order valence-electron chi connectivity index (χ1n) is 4.65. The van der Waals surface area contributed by atoms with Crippen molar-refractivity contribution in [2.45, 2.75) is 25.8 Å². The molecule has 0 bridgehead atoms. The van der Waals surface area contributed by atoms with Crippen LogP contribution >= 0.6 is 11.3 Å². The molecule has 0 saturated heterocycles. The molecule has 1 aromatic rings. The third-order valence-corrected chi connectivity index (χ3v) is 3.56. The van der Waals surface area contributed by atoms with Gasteiger partial charge in [0.05, 0.1) is 6.54 Å². The van der Waals surface area contributed by atoms with Gasteiger partial charge in [0.1, 0.15) is 0 Å². The Bertz CT molecular complexity index is 311. The minimum Gasteiger partial charge on any atom is -0.301 e. The van der Waals surface area contributed by atoms with Crippen molar-refractivity contribution in [1.29, 1.82) is 0 Å². The fourth-order valence-corrected chi connectivity index (χ4v) is 2.97. The maximum atomic E-state index is 5.16.